The van der Waals surface area contributed by atoms with Crippen LogP contribution in [-0.2, 0) is 14.3 Å². The zero-order valence-corrected chi connectivity index (χ0v) is 12.3. The molecule has 110 valence electrons. The van der Waals surface area contributed by atoms with Gasteiger partial charge in [-0.1, -0.05) is 27.2 Å². The highest BCUT2D eigenvalue weighted by Gasteiger charge is 2.43. The number of carbonyl (C=O) groups is 2. The van der Waals surface area contributed by atoms with Crippen LogP contribution in [0.3, 0.4) is 0 Å². The summed E-state index contributed by atoms with van der Waals surface area (Å²) >= 11 is 0. The quantitative estimate of drug-likeness (QED) is 0.677. The molecule has 1 rings (SSSR count). The summed E-state index contributed by atoms with van der Waals surface area (Å²) in [6, 6.07) is 0. The summed E-state index contributed by atoms with van der Waals surface area (Å²) in [4.78, 5) is 25.8. The SMILES string of the molecule is CCCCOCCN1CC(=O)NC(CC)(CC)C1=O. The molecule has 19 heavy (non-hydrogen) atoms. The van der Waals surface area contributed by atoms with Gasteiger partial charge in [0, 0.05) is 13.2 Å². The highest BCUT2D eigenvalue weighted by molar-refractivity contribution is 5.97. The highest BCUT2D eigenvalue weighted by atomic mass is 16.5. The molecule has 0 aromatic carbocycles. The third-order valence-corrected chi connectivity index (χ3v) is 3.76. The molecule has 1 aliphatic rings. The number of rotatable bonds is 8. The predicted octanol–water partition coefficient (Wildman–Crippen LogP) is 1.32. The predicted molar refractivity (Wildman–Crippen MR) is 73.8 cm³/mol. The topological polar surface area (TPSA) is 58.6 Å². The first-order chi connectivity index (χ1) is 9.09. The Morgan fingerprint density at radius 1 is 1.21 bits per heavy atom. The van der Waals surface area contributed by atoms with Crippen molar-refractivity contribution in [1.29, 1.82) is 0 Å². The molecule has 5 heteroatoms. The third kappa shape index (κ3) is 3.93. The number of nitrogens with one attached hydrogen (secondary N) is 1. The first kappa shape index (κ1) is 16.0. The maximum absolute atomic E-state index is 12.4. The van der Waals surface area contributed by atoms with E-state index in [4.69, 9.17) is 4.74 Å². The second-order valence-electron chi connectivity index (χ2n) is 5.03. The Morgan fingerprint density at radius 3 is 2.47 bits per heavy atom. The normalized spacial score (nSPS) is 18.6. The molecule has 2 amide bonds. The van der Waals surface area contributed by atoms with Crippen LogP contribution in [0, 0.1) is 0 Å². The van der Waals surface area contributed by atoms with E-state index in [2.05, 4.69) is 12.2 Å². The molecule has 5 nitrogen and oxygen atoms in total. The van der Waals surface area contributed by atoms with Gasteiger partial charge in [-0.2, -0.15) is 0 Å². The fourth-order valence-electron chi connectivity index (χ4n) is 2.34. The molecule has 1 N–H and O–H groups in total. The minimum Gasteiger partial charge on any atom is -0.380 e. The van der Waals surface area contributed by atoms with Crippen LogP contribution in [0.25, 0.3) is 0 Å². The van der Waals surface area contributed by atoms with Crippen molar-refractivity contribution >= 4 is 11.8 Å². The lowest BCUT2D eigenvalue weighted by molar-refractivity contribution is -0.151. The Bertz CT molecular complexity index is 314. The van der Waals surface area contributed by atoms with Crippen molar-refractivity contribution < 1.29 is 14.3 Å². The number of carbonyl (C=O) groups excluding carboxylic acids is 2. The first-order valence-electron chi connectivity index (χ1n) is 7.27. The standard InChI is InChI=1S/C14H26N2O3/c1-4-7-9-19-10-8-16-11-12(17)15-14(5-2,6-3)13(16)18/h4-11H2,1-3H3,(H,15,17). The maximum atomic E-state index is 12.4. The van der Waals surface area contributed by atoms with Crippen molar-refractivity contribution in [2.75, 3.05) is 26.3 Å². The molecule has 1 fully saturated rings. The van der Waals surface area contributed by atoms with Gasteiger partial charge in [0.2, 0.25) is 11.8 Å². The van der Waals surface area contributed by atoms with E-state index in [9.17, 15) is 9.59 Å². The van der Waals surface area contributed by atoms with Gasteiger partial charge in [0.05, 0.1) is 13.2 Å². The van der Waals surface area contributed by atoms with Crippen LogP contribution in [0.2, 0.25) is 0 Å². The van der Waals surface area contributed by atoms with Crippen molar-refractivity contribution in [3.63, 3.8) is 0 Å². The minimum atomic E-state index is -0.710. The van der Waals surface area contributed by atoms with E-state index in [1.165, 1.54) is 0 Å². The van der Waals surface area contributed by atoms with Crippen molar-refractivity contribution in [1.82, 2.24) is 10.2 Å². The van der Waals surface area contributed by atoms with Crippen LogP contribution in [0.4, 0.5) is 0 Å². The summed E-state index contributed by atoms with van der Waals surface area (Å²) in [6.07, 6.45) is 3.38. The van der Waals surface area contributed by atoms with Crippen LogP contribution in [0.15, 0.2) is 0 Å². The fraction of sp³-hybridized carbons (Fsp3) is 0.857. The number of ether oxygens (including phenoxy) is 1. The molecule has 0 aromatic rings. The van der Waals surface area contributed by atoms with E-state index in [1.807, 2.05) is 13.8 Å². The Balaban J connectivity index is 2.53. The third-order valence-electron chi connectivity index (χ3n) is 3.76. The lowest BCUT2D eigenvalue weighted by Gasteiger charge is -2.41. The summed E-state index contributed by atoms with van der Waals surface area (Å²) in [5.74, 6) is -0.0481. The van der Waals surface area contributed by atoms with Crippen LogP contribution < -0.4 is 5.32 Å². The van der Waals surface area contributed by atoms with E-state index >= 15 is 0 Å². The molecular formula is C14H26N2O3. The Kier molecular flexibility index (Phi) is 6.28. The largest absolute Gasteiger partial charge is 0.380 e. The van der Waals surface area contributed by atoms with Gasteiger partial charge in [-0.05, 0) is 19.3 Å². The minimum absolute atomic E-state index is 0.0243. The molecule has 0 bridgehead atoms. The van der Waals surface area contributed by atoms with Gasteiger partial charge in [-0.15, -0.1) is 0 Å². The molecule has 0 atom stereocenters. The smallest absolute Gasteiger partial charge is 0.248 e. The van der Waals surface area contributed by atoms with E-state index < -0.39 is 5.54 Å². The second-order valence-corrected chi connectivity index (χ2v) is 5.03. The lowest BCUT2D eigenvalue weighted by atomic mass is 9.89. The first-order valence-corrected chi connectivity index (χ1v) is 7.27. The van der Waals surface area contributed by atoms with Crippen LogP contribution >= 0.6 is 0 Å². The van der Waals surface area contributed by atoms with Gasteiger partial charge in [0.1, 0.15) is 5.54 Å². The summed E-state index contributed by atoms with van der Waals surface area (Å²) in [7, 11) is 0. The summed E-state index contributed by atoms with van der Waals surface area (Å²) in [5, 5.41) is 2.85. The molecular weight excluding hydrogens is 244 g/mol. The number of amides is 2. The number of piperazine rings is 1. The van der Waals surface area contributed by atoms with Crippen LogP contribution in [-0.4, -0.2) is 48.6 Å². The molecule has 0 aliphatic carbocycles. The zero-order valence-electron chi connectivity index (χ0n) is 12.3. The Morgan fingerprint density at radius 2 is 1.89 bits per heavy atom. The maximum Gasteiger partial charge on any atom is 0.248 e. The molecule has 1 heterocycles. The number of unbranched alkanes of at least 4 members (excludes halogenated alkanes) is 1. The van der Waals surface area contributed by atoms with Gasteiger partial charge in [0.25, 0.3) is 0 Å². The van der Waals surface area contributed by atoms with E-state index in [0.29, 0.717) is 26.0 Å². The second kappa shape index (κ2) is 7.48. The van der Waals surface area contributed by atoms with Gasteiger partial charge < -0.3 is 15.0 Å². The molecule has 0 spiro atoms. The zero-order chi connectivity index (χ0) is 14.3. The van der Waals surface area contributed by atoms with E-state index in [-0.39, 0.29) is 18.4 Å². The Hall–Kier alpha value is -1.10. The van der Waals surface area contributed by atoms with Crippen molar-refractivity contribution in [3.8, 4) is 0 Å². The number of hydrogen-bond donors (Lipinski definition) is 1. The van der Waals surface area contributed by atoms with Gasteiger partial charge in [0.15, 0.2) is 0 Å². The van der Waals surface area contributed by atoms with Gasteiger partial charge in [-0.25, -0.2) is 0 Å². The van der Waals surface area contributed by atoms with Gasteiger partial charge in [-0.3, -0.25) is 9.59 Å². The van der Waals surface area contributed by atoms with E-state index in [1.54, 1.807) is 4.90 Å². The van der Waals surface area contributed by atoms with Crippen LogP contribution in [0.1, 0.15) is 46.5 Å². The summed E-state index contributed by atoms with van der Waals surface area (Å²) < 4.78 is 5.47. The summed E-state index contributed by atoms with van der Waals surface area (Å²) in [5.41, 5.74) is -0.710. The number of nitrogens with zero attached hydrogens (tertiary/aromatic N) is 1. The number of hydrogen-bond acceptors (Lipinski definition) is 3. The molecule has 0 radical (unpaired) electrons. The molecule has 0 saturated carbocycles. The van der Waals surface area contributed by atoms with Gasteiger partial charge >= 0.3 is 0 Å². The van der Waals surface area contributed by atoms with Crippen molar-refractivity contribution in [3.05, 3.63) is 0 Å². The average molecular weight is 270 g/mol. The fourth-order valence-corrected chi connectivity index (χ4v) is 2.34. The summed E-state index contributed by atoms with van der Waals surface area (Å²) in [6.45, 7) is 7.85. The van der Waals surface area contributed by atoms with Crippen LogP contribution in [0.5, 0.6) is 0 Å². The molecule has 0 unspecified atom stereocenters. The molecule has 1 saturated heterocycles. The highest BCUT2D eigenvalue weighted by Crippen LogP contribution is 2.21. The van der Waals surface area contributed by atoms with Crippen molar-refractivity contribution in [2.24, 2.45) is 0 Å². The average Bonchev–Trinajstić information content (AvgIpc) is 2.42. The monoisotopic (exact) mass is 270 g/mol. The Labute approximate surface area is 115 Å². The molecule has 0 aromatic heterocycles. The lowest BCUT2D eigenvalue weighted by Crippen LogP contribution is -2.66. The van der Waals surface area contributed by atoms with E-state index in [0.717, 1.165) is 19.4 Å². The molecule has 1 aliphatic heterocycles. The van der Waals surface area contributed by atoms with Crippen molar-refractivity contribution in [2.45, 2.75) is 52.0 Å².